The van der Waals surface area contributed by atoms with Crippen LogP contribution < -0.4 is 10.6 Å². The molecule has 0 fully saturated rings. The highest BCUT2D eigenvalue weighted by Gasteiger charge is 2.18. The summed E-state index contributed by atoms with van der Waals surface area (Å²) in [6.45, 7) is 2.98. The molecule has 1 atom stereocenters. The van der Waals surface area contributed by atoms with Crippen molar-refractivity contribution in [2.24, 2.45) is 0 Å². The van der Waals surface area contributed by atoms with Crippen LogP contribution in [-0.4, -0.2) is 19.5 Å². The number of carbonyl (C=O) groups excluding carboxylic acids is 1. The Morgan fingerprint density at radius 1 is 1.22 bits per heavy atom. The second kappa shape index (κ2) is 10.4. The highest BCUT2D eigenvalue weighted by atomic mass is 35.5. The number of carbonyl (C=O) groups is 1. The second-order valence-electron chi connectivity index (χ2n) is 5.48. The molecule has 2 aromatic rings. The molecule has 5 heteroatoms. The van der Waals surface area contributed by atoms with E-state index in [9.17, 15) is 4.79 Å². The molecular weight excluding hydrogens is 328 g/mol. The van der Waals surface area contributed by atoms with Gasteiger partial charge in [-0.15, -0.1) is 23.7 Å². The average Bonchev–Trinajstić information content (AvgIpc) is 2.94. The maximum absolute atomic E-state index is 12.2. The molecule has 1 unspecified atom stereocenters. The van der Waals surface area contributed by atoms with Crippen molar-refractivity contribution in [3.05, 3.63) is 57.8 Å². The summed E-state index contributed by atoms with van der Waals surface area (Å²) in [6.07, 6.45) is 2.26. The van der Waals surface area contributed by atoms with Crippen LogP contribution in [-0.2, 0) is 11.2 Å². The Kier molecular flexibility index (Phi) is 8.92. The molecule has 0 spiro atoms. The molecule has 0 aliphatic rings. The maximum atomic E-state index is 12.2. The number of rotatable bonds is 8. The second-order valence-corrected chi connectivity index (χ2v) is 6.43. The molecule has 0 bridgehead atoms. The lowest BCUT2D eigenvalue weighted by Crippen LogP contribution is -2.30. The van der Waals surface area contributed by atoms with Gasteiger partial charge in [0.15, 0.2) is 0 Å². The SMILES string of the molecule is CNCCCC(=O)NC(Cc1ccccc1)c1sccc1C.Cl. The molecule has 1 amide bonds. The molecule has 0 radical (unpaired) electrons. The highest BCUT2D eigenvalue weighted by Crippen LogP contribution is 2.27. The third kappa shape index (κ3) is 6.34. The predicted molar refractivity (Wildman–Crippen MR) is 100 cm³/mol. The molecule has 0 aliphatic carbocycles. The largest absolute Gasteiger partial charge is 0.348 e. The van der Waals surface area contributed by atoms with Crippen molar-refractivity contribution >= 4 is 29.7 Å². The molecule has 2 N–H and O–H groups in total. The van der Waals surface area contributed by atoms with Gasteiger partial charge in [-0.2, -0.15) is 0 Å². The van der Waals surface area contributed by atoms with Gasteiger partial charge in [0.05, 0.1) is 6.04 Å². The third-order valence-corrected chi connectivity index (χ3v) is 4.80. The average molecular weight is 353 g/mol. The van der Waals surface area contributed by atoms with Crippen molar-refractivity contribution in [2.75, 3.05) is 13.6 Å². The van der Waals surface area contributed by atoms with Crippen LogP contribution in [0.1, 0.15) is 34.9 Å². The van der Waals surface area contributed by atoms with Gasteiger partial charge in [0, 0.05) is 11.3 Å². The zero-order valence-electron chi connectivity index (χ0n) is 13.7. The molecule has 1 heterocycles. The summed E-state index contributed by atoms with van der Waals surface area (Å²) < 4.78 is 0. The zero-order chi connectivity index (χ0) is 15.8. The molecule has 0 aliphatic heterocycles. The summed E-state index contributed by atoms with van der Waals surface area (Å²) in [7, 11) is 1.91. The van der Waals surface area contributed by atoms with Crippen molar-refractivity contribution in [3.8, 4) is 0 Å². The van der Waals surface area contributed by atoms with Crippen LogP contribution in [0, 0.1) is 6.92 Å². The normalized spacial score (nSPS) is 11.6. The Morgan fingerprint density at radius 3 is 2.57 bits per heavy atom. The fraction of sp³-hybridized carbons (Fsp3) is 0.389. The first kappa shape index (κ1) is 19.7. The molecule has 3 nitrogen and oxygen atoms in total. The molecule has 0 saturated heterocycles. The maximum Gasteiger partial charge on any atom is 0.220 e. The Hall–Kier alpha value is -1.36. The quantitative estimate of drug-likeness (QED) is 0.708. The number of aryl methyl sites for hydroxylation is 1. The lowest BCUT2D eigenvalue weighted by atomic mass is 10.0. The number of thiophene rings is 1. The fourth-order valence-corrected chi connectivity index (χ4v) is 3.47. The first-order valence-corrected chi connectivity index (χ1v) is 8.60. The van der Waals surface area contributed by atoms with E-state index >= 15 is 0 Å². The molecule has 1 aromatic carbocycles. The van der Waals surface area contributed by atoms with Crippen LogP contribution >= 0.6 is 23.7 Å². The van der Waals surface area contributed by atoms with E-state index in [2.05, 4.69) is 41.1 Å². The minimum atomic E-state index is 0. The molecular formula is C18H25ClN2OS. The molecule has 23 heavy (non-hydrogen) atoms. The summed E-state index contributed by atoms with van der Waals surface area (Å²) in [6, 6.07) is 12.5. The van der Waals surface area contributed by atoms with Crippen molar-refractivity contribution in [1.29, 1.82) is 0 Å². The minimum Gasteiger partial charge on any atom is -0.348 e. The van der Waals surface area contributed by atoms with Crippen LogP contribution in [0.3, 0.4) is 0 Å². The smallest absolute Gasteiger partial charge is 0.220 e. The van der Waals surface area contributed by atoms with E-state index < -0.39 is 0 Å². The Labute approximate surface area is 148 Å². The number of amides is 1. The van der Waals surface area contributed by atoms with Crippen LogP contribution in [0.5, 0.6) is 0 Å². The first-order valence-electron chi connectivity index (χ1n) is 7.72. The van der Waals surface area contributed by atoms with Gasteiger partial charge in [-0.3, -0.25) is 4.79 Å². The van der Waals surface area contributed by atoms with E-state index in [0.29, 0.717) is 6.42 Å². The summed E-state index contributed by atoms with van der Waals surface area (Å²) in [4.78, 5) is 13.4. The molecule has 126 valence electrons. The van der Waals surface area contributed by atoms with E-state index in [1.165, 1.54) is 16.0 Å². The lowest BCUT2D eigenvalue weighted by Gasteiger charge is -2.19. The van der Waals surface area contributed by atoms with E-state index in [1.807, 2.05) is 25.2 Å². The lowest BCUT2D eigenvalue weighted by molar-refractivity contribution is -0.121. The van der Waals surface area contributed by atoms with Crippen molar-refractivity contribution in [3.63, 3.8) is 0 Å². The van der Waals surface area contributed by atoms with Crippen LogP contribution in [0.15, 0.2) is 41.8 Å². The predicted octanol–water partition coefficient (Wildman–Crippen LogP) is 3.88. The number of nitrogens with one attached hydrogen (secondary N) is 2. The Balaban J connectivity index is 0.00000264. The van der Waals surface area contributed by atoms with E-state index in [4.69, 9.17) is 0 Å². The van der Waals surface area contributed by atoms with Crippen molar-refractivity contribution in [1.82, 2.24) is 10.6 Å². The molecule has 0 saturated carbocycles. The van der Waals surface area contributed by atoms with Gasteiger partial charge in [0.1, 0.15) is 0 Å². The zero-order valence-corrected chi connectivity index (χ0v) is 15.3. The van der Waals surface area contributed by atoms with Gasteiger partial charge in [-0.25, -0.2) is 0 Å². The van der Waals surface area contributed by atoms with Crippen LogP contribution in [0.2, 0.25) is 0 Å². The van der Waals surface area contributed by atoms with Gasteiger partial charge < -0.3 is 10.6 Å². The fourth-order valence-electron chi connectivity index (χ4n) is 2.49. The van der Waals surface area contributed by atoms with E-state index in [0.717, 1.165) is 19.4 Å². The number of halogens is 1. The van der Waals surface area contributed by atoms with E-state index in [1.54, 1.807) is 11.3 Å². The topological polar surface area (TPSA) is 41.1 Å². The summed E-state index contributed by atoms with van der Waals surface area (Å²) >= 11 is 1.72. The van der Waals surface area contributed by atoms with Crippen LogP contribution in [0.25, 0.3) is 0 Å². The van der Waals surface area contributed by atoms with Gasteiger partial charge in [-0.05, 0) is 55.9 Å². The number of hydrogen-bond donors (Lipinski definition) is 2. The van der Waals surface area contributed by atoms with Gasteiger partial charge in [-0.1, -0.05) is 30.3 Å². The number of benzene rings is 1. The van der Waals surface area contributed by atoms with Crippen LogP contribution in [0.4, 0.5) is 0 Å². The van der Waals surface area contributed by atoms with Gasteiger partial charge in [0.2, 0.25) is 5.91 Å². The Morgan fingerprint density at radius 2 is 1.96 bits per heavy atom. The summed E-state index contributed by atoms with van der Waals surface area (Å²) in [5.41, 5.74) is 2.50. The van der Waals surface area contributed by atoms with E-state index in [-0.39, 0.29) is 24.4 Å². The first-order chi connectivity index (χ1) is 10.7. The highest BCUT2D eigenvalue weighted by molar-refractivity contribution is 7.10. The van der Waals surface area contributed by atoms with Crippen molar-refractivity contribution in [2.45, 2.75) is 32.2 Å². The van der Waals surface area contributed by atoms with Gasteiger partial charge in [0.25, 0.3) is 0 Å². The molecule has 1 aromatic heterocycles. The summed E-state index contributed by atoms with van der Waals surface area (Å²) in [5.74, 6) is 0.129. The molecule has 2 rings (SSSR count). The Bertz CT molecular complexity index is 586. The monoisotopic (exact) mass is 352 g/mol. The van der Waals surface area contributed by atoms with Crippen molar-refractivity contribution < 1.29 is 4.79 Å². The summed E-state index contributed by atoms with van der Waals surface area (Å²) in [5, 5.41) is 8.38. The van der Waals surface area contributed by atoms with Gasteiger partial charge >= 0.3 is 0 Å². The standard InChI is InChI=1S/C18H24N2OS.ClH/c1-14-10-12-22-18(14)16(13-15-7-4-3-5-8-15)20-17(21)9-6-11-19-2;/h3-5,7-8,10,12,16,19H,6,9,11,13H2,1-2H3,(H,20,21);1H. The number of hydrogen-bond acceptors (Lipinski definition) is 3. The minimum absolute atomic E-state index is 0. The third-order valence-electron chi connectivity index (χ3n) is 3.67.